The molecule has 108 valence electrons. The topological polar surface area (TPSA) is 55.6 Å². The molecule has 2 aromatic heterocycles. The van der Waals surface area contributed by atoms with Crippen LogP contribution >= 0.6 is 38.9 Å². The second-order valence-electron chi connectivity index (χ2n) is 4.39. The molecule has 0 aliphatic carbocycles. The average Bonchev–Trinajstić information content (AvgIpc) is 3.03. The number of benzene rings is 1. The van der Waals surface area contributed by atoms with Gasteiger partial charge < -0.3 is 5.32 Å². The minimum absolute atomic E-state index is 0.719. The van der Waals surface area contributed by atoms with E-state index in [0.717, 1.165) is 37.3 Å². The first-order valence-electron chi connectivity index (χ1n) is 6.14. The molecule has 0 spiro atoms. The molecule has 21 heavy (non-hydrogen) atoms. The van der Waals surface area contributed by atoms with Crippen molar-refractivity contribution in [1.82, 2.24) is 20.2 Å². The van der Waals surface area contributed by atoms with Crippen LogP contribution in [0.1, 0.15) is 4.88 Å². The minimum atomic E-state index is 0.719. The summed E-state index contributed by atoms with van der Waals surface area (Å²) >= 11 is 11.0. The SMILES string of the molecule is Cn1nnnc1-c1cccc(NCc2cc(Br)c(Cl)s2)c1. The van der Waals surface area contributed by atoms with Crippen LogP contribution in [-0.4, -0.2) is 20.2 Å². The molecule has 1 N–H and O–H groups in total. The summed E-state index contributed by atoms with van der Waals surface area (Å²) < 4.78 is 3.35. The van der Waals surface area contributed by atoms with Gasteiger partial charge in [-0.05, 0) is 44.6 Å². The fraction of sp³-hybridized carbons (Fsp3) is 0.154. The Morgan fingerprint density at radius 2 is 2.24 bits per heavy atom. The molecule has 0 aliphatic rings. The van der Waals surface area contributed by atoms with E-state index in [4.69, 9.17) is 11.6 Å². The maximum absolute atomic E-state index is 6.04. The summed E-state index contributed by atoms with van der Waals surface area (Å²) in [6.07, 6.45) is 0. The molecule has 8 heteroatoms. The van der Waals surface area contributed by atoms with Crippen molar-refractivity contribution < 1.29 is 0 Å². The van der Waals surface area contributed by atoms with E-state index in [1.807, 2.05) is 37.4 Å². The highest BCUT2D eigenvalue weighted by molar-refractivity contribution is 9.10. The zero-order valence-electron chi connectivity index (χ0n) is 11.0. The van der Waals surface area contributed by atoms with Gasteiger partial charge in [-0.3, -0.25) is 0 Å². The third-order valence-corrected chi connectivity index (χ3v) is 5.38. The second-order valence-corrected chi connectivity index (χ2v) is 6.99. The number of halogens is 2. The molecule has 0 amide bonds. The summed E-state index contributed by atoms with van der Waals surface area (Å²) in [7, 11) is 1.82. The second kappa shape index (κ2) is 6.13. The molecule has 0 saturated heterocycles. The van der Waals surface area contributed by atoms with E-state index in [1.165, 1.54) is 0 Å². The zero-order valence-corrected chi connectivity index (χ0v) is 14.2. The molecule has 0 fully saturated rings. The fourth-order valence-corrected chi connectivity index (χ4v) is 3.64. The maximum Gasteiger partial charge on any atom is 0.181 e. The lowest BCUT2D eigenvalue weighted by Crippen LogP contribution is -1.99. The first-order valence-corrected chi connectivity index (χ1v) is 8.12. The van der Waals surface area contributed by atoms with Crippen molar-refractivity contribution >= 4 is 44.6 Å². The molecule has 0 aliphatic heterocycles. The summed E-state index contributed by atoms with van der Waals surface area (Å²) in [5, 5.41) is 14.9. The Bertz CT molecular complexity index is 750. The fourth-order valence-electron chi connectivity index (χ4n) is 1.91. The monoisotopic (exact) mass is 383 g/mol. The van der Waals surface area contributed by atoms with Gasteiger partial charge in [-0.15, -0.1) is 16.4 Å². The van der Waals surface area contributed by atoms with Gasteiger partial charge in [0, 0.05) is 34.2 Å². The third-order valence-electron chi connectivity index (χ3n) is 2.90. The number of aryl methyl sites for hydroxylation is 1. The van der Waals surface area contributed by atoms with Crippen LogP contribution in [0.3, 0.4) is 0 Å². The van der Waals surface area contributed by atoms with Crippen molar-refractivity contribution in [2.24, 2.45) is 7.05 Å². The standard InChI is InChI=1S/C13H11BrClN5S/c1-20-13(17-18-19-20)8-3-2-4-9(5-8)16-7-10-6-11(14)12(15)21-10/h2-6,16H,7H2,1H3. The number of nitrogens with zero attached hydrogens (tertiary/aromatic N) is 4. The highest BCUT2D eigenvalue weighted by atomic mass is 79.9. The Labute approximate surface area is 139 Å². The first-order chi connectivity index (χ1) is 10.1. The van der Waals surface area contributed by atoms with Crippen molar-refractivity contribution in [3.05, 3.63) is 44.0 Å². The summed E-state index contributed by atoms with van der Waals surface area (Å²) in [6.45, 7) is 0.719. The molecule has 0 radical (unpaired) electrons. The van der Waals surface area contributed by atoms with Crippen LogP contribution in [0.5, 0.6) is 0 Å². The predicted molar refractivity (Wildman–Crippen MR) is 88.6 cm³/mol. The van der Waals surface area contributed by atoms with Crippen LogP contribution in [0.2, 0.25) is 4.34 Å². The summed E-state index contributed by atoms with van der Waals surface area (Å²) in [4.78, 5) is 1.16. The Balaban J connectivity index is 1.76. The average molecular weight is 385 g/mol. The van der Waals surface area contributed by atoms with Crippen LogP contribution in [-0.2, 0) is 13.6 Å². The van der Waals surface area contributed by atoms with E-state index >= 15 is 0 Å². The van der Waals surface area contributed by atoms with Crippen LogP contribution < -0.4 is 5.32 Å². The molecule has 3 aromatic rings. The lowest BCUT2D eigenvalue weighted by Gasteiger charge is -2.06. The van der Waals surface area contributed by atoms with E-state index in [-0.39, 0.29) is 0 Å². The Morgan fingerprint density at radius 1 is 1.38 bits per heavy atom. The zero-order chi connectivity index (χ0) is 14.8. The number of nitrogens with one attached hydrogen (secondary N) is 1. The van der Waals surface area contributed by atoms with E-state index in [2.05, 4.69) is 36.8 Å². The van der Waals surface area contributed by atoms with Crippen LogP contribution in [0, 0.1) is 0 Å². The van der Waals surface area contributed by atoms with Crippen molar-refractivity contribution in [2.45, 2.75) is 6.54 Å². The quantitative estimate of drug-likeness (QED) is 0.739. The van der Waals surface area contributed by atoms with E-state index < -0.39 is 0 Å². The molecule has 0 unspecified atom stereocenters. The van der Waals surface area contributed by atoms with Gasteiger partial charge in [0.1, 0.15) is 4.34 Å². The molecule has 0 atom stereocenters. The van der Waals surface area contributed by atoms with Gasteiger partial charge in [-0.2, -0.15) is 0 Å². The molecule has 5 nitrogen and oxygen atoms in total. The Hall–Kier alpha value is -1.44. The molecule has 1 aromatic carbocycles. The van der Waals surface area contributed by atoms with Gasteiger partial charge >= 0.3 is 0 Å². The van der Waals surface area contributed by atoms with Crippen molar-refractivity contribution in [3.63, 3.8) is 0 Å². The van der Waals surface area contributed by atoms with E-state index in [9.17, 15) is 0 Å². The van der Waals surface area contributed by atoms with Gasteiger partial charge in [0.05, 0.1) is 0 Å². The van der Waals surface area contributed by atoms with Crippen molar-refractivity contribution in [2.75, 3.05) is 5.32 Å². The summed E-state index contributed by atoms with van der Waals surface area (Å²) in [5.41, 5.74) is 1.98. The van der Waals surface area contributed by atoms with Crippen LogP contribution in [0.25, 0.3) is 11.4 Å². The molecule has 2 heterocycles. The molecule has 0 saturated carbocycles. The number of thiophene rings is 1. The number of aromatic nitrogens is 4. The highest BCUT2D eigenvalue weighted by Crippen LogP contribution is 2.32. The normalized spacial score (nSPS) is 10.8. The smallest absolute Gasteiger partial charge is 0.181 e. The van der Waals surface area contributed by atoms with Gasteiger partial charge in [0.25, 0.3) is 0 Å². The van der Waals surface area contributed by atoms with Gasteiger partial charge in [0.2, 0.25) is 0 Å². The maximum atomic E-state index is 6.04. The first kappa shape index (κ1) is 14.5. The van der Waals surface area contributed by atoms with Gasteiger partial charge in [-0.1, -0.05) is 23.7 Å². The lowest BCUT2D eigenvalue weighted by atomic mass is 10.2. The van der Waals surface area contributed by atoms with Gasteiger partial charge in [0.15, 0.2) is 5.82 Å². The Kier molecular flexibility index (Phi) is 4.23. The van der Waals surface area contributed by atoms with Crippen LogP contribution in [0.4, 0.5) is 5.69 Å². The summed E-state index contributed by atoms with van der Waals surface area (Å²) in [6, 6.07) is 10.0. The molecule has 0 bridgehead atoms. The van der Waals surface area contributed by atoms with Gasteiger partial charge in [-0.25, -0.2) is 4.68 Å². The van der Waals surface area contributed by atoms with Crippen molar-refractivity contribution in [3.8, 4) is 11.4 Å². The highest BCUT2D eigenvalue weighted by Gasteiger charge is 2.07. The molecule has 3 rings (SSSR count). The number of tetrazole rings is 1. The third kappa shape index (κ3) is 3.25. The van der Waals surface area contributed by atoms with E-state index in [0.29, 0.717) is 0 Å². The van der Waals surface area contributed by atoms with E-state index in [1.54, 1.807) is 16.0 Å². The lowest BCUT2D eigenvalue weighted by molar-refractivity contribution is 0.714. The summed E-state index contributed by atoms with van der Waals surface area (Å²) in [5.74, 6) is 0.737. The Morgan fingerprint density at radius 3 is 2.90 bits per heavy atom. The van der Waals surface area contributed by atoms with Crippen LogP contribution in [0.15, 0.2) is 34.8 Å². The number of hydrogen-bond donors (Lipinski definition) is 1. The molecular weight excluding hydrogens is 374 g/mol. The van der Waals surface area contributed by atoms with Crippen molar-refractivity contribution in [1.29, 1.82) is 0 Å². The number of hydrogen-bond acceptors (Lipinski definition) is 5. The minimum Gasteiger partial charge on any atom is -0.380 e. The molecular formula is C13H11BrClN5S. The number of anilines is 1. The predicted octanol–water partition coefficient (Wildman–Crippen LogP) is 3.97. The number of rotatable bonds is 4. The largest absolute Gasteiger partial charge is 0.380 e.